The van der Waals surface area contributed by atoms with E-state index in [9.17, 15) is 18.9 Å². The lowest BCUT2D eigenvalue weighted by Crippen LogP contribution is -2.36. The first-order valence-electron chi connectivity index (χ1n) is 12.3. The fraction of sp³-hybridized carbons (Fsp3) is 0.129. The monoisotopic (exact) mass is 523 g/mol. The van der Waals surface area contributed by atoms with Gasteiger partial charge in [0.25, 0.3) is 5.91 Å². The van der Waals surface area contributed by atoms with Crippen LogP contribution < -0.4 is 15.9 Å². The molecule has 1 aliphatic carbocycles. The van der Waals surface area contributed by atoms with Crippen LogP contribution in [0.15, 0.2) is 115 Å². The van der Waals surface area contributed by atoms with Crippen molar-refractivity contribution in [2.24, 2.45) is 0 Å². The van der Waals surface area contributed by atoms with E-state index in [0.29, 0.717) is 40.3 Å². The Morgan fingerprint density at radius 3 is 1.76 bits per heavy atom. The first kappa shape index (κ1) is 25.4. The molecule has 0 unspecified atom stereocenters. The average Bonchev–Trinajstić information content (AvgIpc) is 3.79. The molecule has 1 amide bonds. The highest BCUT2D eigenvalue weighted by molar-refractivity contribution is 7.81. The van der Waals surface area contributed by atoms with Crippen LogP contribution in [0.25, 0.3) is 0 Å². The lowest BCUT2D eigenvalue weighted by Gasteiger charge is -2.27. The summed E-state index contributed by atoms with van der Waals surface area (Å²) < 4.78 is 20.2. The zero-order chi connectivity index (χ0) is 26.6. The van der Waals surface area contributed by atoms with Crippen LogP contribution in [0.1, 0.15) is 28.8 Å². The molecule has 7 heteroatoms. The van der Waals surface area contributed by atoms with Gasteiger partial charge in [-0.25, -0.2) is 0 Å². The molecule has 0 radical (unpaired) electrons. The summed E-state index contributed by atoms with van der Waals surface area (Å²) in [5, 5.41) is 2.64. The third-order valence-corrected chi connectivity index (χ3v) is 10.6. The number of rotatable bonds is 9. The summed E-state index contributed by atoms with van der Waals surface area (Å²) in [6, 6.07) is 33.4. The van der Waals surface area contributed by atoms with Gasteiger partial charge in [0, 0.05) is 21.7 Å². The molecule has 190 valence electrons. The highest BCUT2D eigenvalue weighted by atomic mass is 31.2. The van der Waals surface area contributed by atoms with Crippen molar-refractivity contribution in [2.45, 2.75) is 18.0 Å². The van der Waals surface area contributed by atoms with Gasteiger partial charge in [-0.2, -0.15) is 0 Å². The first-order chi connectivity index (χ1) is 18.5. The predicted molar refractivity (Wildman–Crippen MR) is 148 cm³/mol. The molecule has 0 bridgehead atoms. The molecule has 1 fully saturated rings. The van der Waals surface area contributed by atoms with Crippen LogP contribution >= 0.6 is 7.14 Å². The van der Waals surface area contributed by atoms with Gasteiger partial charge >= 0.3 is 5.97 Å². The number of anilines is 1. The summed E-state index contributed by atoms with van der Waals surface area (Å²) in [5.74, 6) is -1.48. The molecule has 4 aromatic rings. The zero-order valence-corrected chi connectivity index (χ0v) is 21.5. The molecule has 6 nitrogen and oxygen atoms in total. The number of esters is 1. The number of carbonyl (C=O) groups excluding carboxylic acids is 3. The van der Waals surface area contributed by atoms with E-state index in [0.717, 1.165) is 0 Å². The van der Waals surface area contributed by atoms with Crippen molar-refractivity contribution in [3.05, 3.63) is 126 Å². The number of para-hydroxylation sites is 1. The summed E-state index contributed by atoms with van der Waals surface area (Å²) in [6.45, 7) is -0.558. The van der Waals surface area contributed by atoms with Crippen LogP contribution in [0.2, 0.25) is 0 Å². The van der Waals surface area contributed by atoms with Gasteiger partial charge in [0.15, 0.2) is 19.5 Å². The molecule has 1 N–H and O–H groups in total. The number of amides is 1. The number of nitrogens with one attached hydrogen (secondary N) is 1. The molecule has 4 aromatic carbocycles. The summed E-state index contributed by atoms with van der Waals surface area (Å²) in [6.07, 6.45) is 0.811. The number of hydrogen-bond acceptors (Lipinski definition) is 5. The smallest absolute Gasteiger partial charge is 0.320 e. The number of carbonyl (C=O) groups is 3. The lowest BCUT2D eigenvalue weighted by molar-refractivity contribution is -0.147. The highest BCUT2D eigenvalue weighted by Gasteiger charge is 2.65. The van der Waals surface area contributed by atoms with Crippen LogP contribution in [-0.4, -0.2) is 29.4 Å². The zero-order valence-electron chi connectivity index (χ0n) is 20.6. The second kappa shape index (κ2) is 10.6. The second-order valence-corrected chi connectivity index (χ2v) is 12.3. The van der Waals surface area contributed by atoms with Crippen LogP contribution in [-0.2, 0) is 18.9 Å². The Hall–Kier alpha value is -4.28. The van der Waals surface area contributed by atoms with Crippen LogP contribution in [0.3, 0.4) is 0 Å². The summed E-state index contributed by atoms with van der Waals surface area (Å²) in [7, 11) is -3.40. The third-order valence-electron chi connectivity index (χ3n) is 6.76. The van der Waals surface area contributed by atoms with E-state index < -0.39 is 30.8 Å². The van der Waals surface area contributed by atoms with E-state index in [4.69, 9.17) is 4.74 Å². The van der Waals surface area contributed by atoms with Crippen LogP contribution in [0, 0.1) is 0 Å². The number of benzene rings is 4. The van der Waals surface area contributed by atoms with Gasteiger partial charge in [-0.05, 0) is 25.0 Å². The van der Waals surface area contributed by atoms with Crippen molar-refractivity contribution in [3.8, 4) is 0 Å². The minimum atomic E-state index is -3.40. The van der Waals surface area contributed by atoms with E-state index >= 15 is 0 Å². The Kier molecular flexibility index (Phi) is 7.08. The molecule has 0 saturated heterocycles. The van der Waals surface area contributed by atoms with Crippen molar-refractivity contribution in [3.63, 3.8) is 0 Å². The fourth-order valence-electron chi connectivity index (χ4n) is 4.67. The van der Waals surface area contributed by atoms with Crippen molar-refractivity contribution in [2.75, 3.05) is 11.9 Å². The number of hydrogen-bond donors (Lipinski definition) is 1. The second-order valence-electron chi connectivity index (χ2n) is 9.18. The van der Waals surface area contributed by atoms with E-state index in [1.54, 1.807) is 97.1 Å². The van der Waals surface area contributed by atoms with Gasteiger partial charge in [-0.15, -0.1) is 0 Å². The van der Waals surface area contributed by atoms with Crippen molar-refractivity contribution in [1.82, 2.24) is 0 Å². The molecule has 38 heavy (non-hydrogen) atoms. The van der Waals surface area contributed by atoms with Crippen molar-refractivity contribution < 1.29 is 23.7 Å². The fourth-order valence-corrected chi connectivity index (χ4v) is 8.21. The van der Waals surface area contributed by atoms with Crippen LogP contribution in [0.5, 0.6) is 0 Å². The summed E-state index contributed by atoms with van der Waals surface area (Å²) in [5.41, 5.74) is 1.14. The molecule has 0 spiro atoms. The van der Waals surface area contributed by atoms with Gasteiger partial charge in [0.2, 0.25) is 0 Å². The molecule has 0 aliphatic heterocycles. The van der Waals surface area contributed by atoms with E-state index in [1.165, 1.54) is 0 Å². The molecule has 0 atom stereocenters. The molecule has 1 saturated carbocycles. The number of ether oxygens (including phenoxy) is 1. The molecular weight excluding hydrogens is 497 g/mol. The summed E-state index contributed by atoms with van der Waals surface area (Å²) in [4.78, 5) is 39.2. The van der Waals surface area contributed by atoms with E-state index in [2.05, 4.69) is 5.32 Å². The quantitative estimate of drug-likeness (QED) is 0.191. The highest BCUT2D eigenvalue weighted by Crippen LogP contribution is 2.68. The molecule has 0 aromatic heterocycles. The molecular formula is C31H26NO5P. The van der Waals surface area contributed by atoms with Gasteiger partial charge in [-0.1, -0.05) is 103 Å². The Morgan fingerprint density at radius 2 is 1.21 bits per heavy atom. The minimum absolute atomic E-state index is 0.234. The lowest BCUT2D eigenvalue weighted by atomic mass is 10.0. The third kappa shape index (κ3) is 4.71. The predicted octanol–water partition coefficient (Wildman–Crippen LogP) is 4.95. The first-order valence-corrected chi connectivity index (χ1v) is 14.0. The largest absolute Gasteiger partial charge is 0.455 e. The Labute approximate surface area is 221 Å². The SMILES string of the molecule is O=C(COC(=O)C1(P(=O)(c2ccccc2)c2ccccc2)CC1)Nc1ccccc1C(=O)c1ccccc1. The van der Waals surface area contributed by atoms with Gasteiger partial charge in [0.1, 0.15) is 5.16 Å². The Balaban J connectivity index is 1.33. The van der Waals surface area contributed by atoms with Gasteiger partial charge < -0.3 is 14.6 Å². The van der Waals surface area contributed by atoms with Crippen molar-refractivity contribution >= 4 is 41.1 Å². The molecule has 0 heterocycles. The maximum absolute atomic E-state index is 14.7. The average molecular weight is 524 g/mol. The summed E-state index contributed by atoms with van der Waals surface area (Å²) >= 11 is 0. The molecule has 5 rings (SSSR count). The van der Waals surface area contributed by atoms with Gasteiger partial charge in [-0.3, -0.25) is 14.4 Å². The van der Waals surface area contributed by atoms with Crippen molar-refractivity contribution in [1.29, 1.82) is 0 Å². The number of ketones is 1. The maximum atomic E-state index is 14.7. The van der Waals surface area contributed by atoms with Crippen LogP contribution in [0.4, 0.5) is 5.69 Å². The van der Waals surface area contributed by atoms with E-state index in [-0.39, 0.29) is 5.78 Å². The Morgan fingerprint density at radius 1 is 0.711 bits per heavy atom. The maximum Gasteiger partial charge on any atom is 0.320 e. The standard InChI is InChI=1S/C31H26NO5P/c33-28(32-27-19-11-10-18-26(27)29(34)23-12-4-1-5-13-23)22-37-30(35)31(20-21-31)38(36,24-14-6-2-7-15-24)25-16-8-3-9-17-25/h1-19H,20-22H2,(H,32,33). The minimum Gasteiger partial charge on any atom is -0.455 e. The molecule has 1 aliphatic rings. The Bertz CT molecular complexity index is 1470. The van der Waals surface area contributed by atoms with Gasteiger partial charge in [0.05, 0.1) is 5.69 Å². The normalized spacial score (nSPS) is 13.8. The topological polar surface area (TPSA) is 89.5 Å². The van der Waals surface area contributed by atoms with E-state index in [1.807, 2.05) is 18.2 Å².